The fraction of sp³-hybridized carbons (Fsp3) is 0.0500. The molecule has 0 radical (unpaired) electrons. The van der Waals surface area contributed by atoms with Gasteiger partial charge in [-0.1, -0.05) is 29.8 Å². The number of carbonyl (C=O) groups excluding carboxylic acids is 1. The first-order chi connectivity index (χ1) is 13.0. The number of hydrogen-bond donors (Lipinski definition) is 2. The molecule has 0 bridgehead atoms. The molecule has 0 fully saturated rings. The summed E-state index contributed by atoms with van der Waals surface area (Å²) < 4.78 is 0. The van der Waals surface area contributed by atoms with Crippen LogP contribution in [-0.2, 0) is 0 Å². The van der Waals surface area contributed by atoms with Crippen molar-refractivity contribution in [1.29, 1.82) is 0 Å². The van der Waals surface area contributed by atoms with Gasteiger partial charge < -0.3 is 11.1 Å². The number of nitrogens with two attached hydrogens (primary N) is 1. The molecule has 4 rings (SSSR count). The summed E-state index contributed by atoms with van der Waals surface area (Å²) in [6.07, 6.45) is 1.70. The normalized spacial score (nSPS) is 10.9. The fourth-order valence-electron chi connectivity index (χ4n) is 2.66. The van der Waals surface area contributed by atoms with Crippen molar-refractivity contribution in [3.8, 4) is 11.3 Å². The van der Waals surface area contributed by atoms with Crippen LogP contribution in [0.5, 0.6) is 0 Å². The Morgan fingerprint density at radius 3 is 2.59 bits per heavy atom. The third-order valence-corrected chi connectivity index (χ3v) is 5.46. The van der Waals surface area contributed by atoms with Gasteiger partial charge in [0.05, 0.1) is 11.4 Å². The number of carbonyl (C=O) groups is 1. The van der Waals surface area contributed by atoms with Crippen molar-refractivity contribution >= 4 is 50.6 Å². The highest BCUT2D eigenvalue weighted by Crippen LogP contribution is 2.34. The molecule has 0 unspecified atom stereocenters. The Morgan fingerprint density at radius 1 is 1.11 bits per heavy atom. The predicted molar refractivity (Wildman–Crippen MR) is 111 cm³/mol. The number of amides is 1. The lowest BCUT2D eigenvalue weighted by Crippen LogP contribution is -2.12. The van der Waals surface area contributed by atoms with Gasteiger partial charge in [0.15, 0.2) is 0 Å². The van der Waals surface area contributed by atoms with E-state index in [9.17, 15) is 4.79 Å². The lowest BCUT2D eigenvalue weighted by Gasteiger charge is -2.03. The van der Waals surface area contributed by atoms with Crippen molar-refractivity contribution in [3.05, 3.63) is 70.2 Å². The highest BCUT2D eigenvalue weighted by atomic mass is 35.5. The van der Waals surface area contributed by atoms with Gasteiger partial charge in [-0.25, -0.2) is 9.97 Å². The van der Waals surface area contributed by atoms with E-state index in [2.05, 4.69) is 15.3 Å². The lowest BCUT2D eigenvalue weighted by molar-refractivity contribution is 0.103. The molecule has 0 saturated carbocycles. The van der Waals surface area contributed by atoms with E-state index in [1.54, 1.807) is 12.3 Å². The Labute approximate surface area is 164 Å². The highest BCUT2D eigenvalue weighted by Gasteiger charge is 2.18. The number of benzene rings is 1. The zero-order chi connectivity index (χ0) is 19.0. The number of rotatable bonds is 3. The van der Waals surface area contributed by atoms with E-state index in [1.807, 2.05) is 49.4 Å². The molecule has 7 heteroatoms. The SMILES string of the molecule is Cc1ccc(NC(=O)c2sc3nc(-c4ccc(Cl)cc4)ccc3c2N)nc1. The molecule has 3 aromatic heterocycles. The predicted octanol–water partition coefficient (Wildman–Crippen LogP) is 5.15. The van der Waals surface area contributed by atoms with Crippen LogP contribution in [0.1, 0.15) is 15.2 Å². The van der Waals surface area contributed by atoms with E-state index in [-0.39, 0.29) is 5.91 Å². The van der Waals surface area contributed by atoms with Crippen molar-refractivity contribution in [2.75, 3.05) is 11.1 Å². The quantitative estimate of drug-likeness (QED) is 0.503. The van der Waals surface area contributed by atoms with E-state index in [4.69, 9.17) is 17.3 Å². The first-order valence-electron chi connectivity index (χ1n) is 8.20. The molecule has 0 aliphatic heterocycles. The average molecular weight is 395 g/mol. The number of anilines is 2. The maximum Gasteiger partial charge on any atom is 0.269 e. The van der Waals surface area contributed by atoms with Crippen LogP contribution in [0, 0.1) is 6.92 Å². The largest absolute Gasteiger partial charge is 0.397 e. The van der Waals surface area contributed by atoms with E-state index < -0.39 is 0 Å². The minimum Gasteiger partial charge on any atom is -0.397 e. The molecule has 3 N–H and O–H groups in total. The number of nitrogens with zero attached hydrogens (tertiary/aromatic N) is 2. The van der Waals surface area contributed by atoms with Crippen molar-refractivity contribution in [2.45, 2.75) is 6.92 Å². The third kappa shape index (κ3) is 3.49. The molecule has 5 nitrogen and oxygen atoms in total. The van der Waals surface area contributed by atoms with Crippen LogP contribution in [0.3, 0.4) is 0 Å². The van der Waals surface area contributed by atoms with Gasteiger partial charge in [0, 0.05) is 22.2 Å². The first kappa shape index (κ1) is 17.5. The van der Waals surface area contributed by atoms with E-state index in [0.29, 0.717) is 26.2 Å². The zero-order valence-corrected chi connectivity index (χ0v) is 15.9. The van der Waals surface area contributed by atoms with Crippen LogP contribution in [0.2, 0.25) is 5.02 Å². The minimum atomic E-state index is -0.292. The van der Waals surface area contributed by atoms with Gasteiger partial charge in [0.25, 0.3) is 5.91 Å². The minimum absolute atomic E-state index is 0.292. The molecule has 27 heavy (non-hydrogen) atoms. The second-order valence-electron chi connectivity index (χ2n) is 6.08. The summed E-state index contributed by atoms with van der Waals surface area (Å²) in [5.74, 6) is 0.192. The first-order valence-corrected chi connectivity index (χ1v) is 9.39. The monoisotopic (exact) mass is 394 g/mol. The molecular formula is C20H15ClN4OS. The van der Waals surface area contributed by atoms with Gasteiger partial charge in [-0.2, -0.15) is 0 Å². The number of halogens is 1. The molecule has 1 amide bonds. The van der Waals surface area contributed by atoms with Crippen molar-refractivity contribution < 1.29 is 4.79 Å². The third-order valence-electron chi connectivity index (χ3n) is 4.09. The van der Waals surface area contributed by atoms with Gasteiger partial charge in [-0.05, 0) is 42.8 Å². The van der Waals surface area contributed by atoms with Crippen LogP contribution in [0.4, 0.5) is 11.5 Å². The summed E-state index contributed by atoms with van der Waals surface area (Å²) in [6, 6.07) is 14.9. The number of aromatic nitrogens is 2. The number of thiophene rings is 1. The van der Waals surface area contributed by atoms with Crippen LogP contribution >= 0.6 is 22.9 Å². The number of nitrogen functional groups attached to an aromatic ring is 1. The number of nitrogens with one attached hydrogen (secondary N) is 1. The van der Waals surface area contributed by atoms with Gasteiger partial charge in [-0.15, -0.1) is 11.3 Å². The maximum absolute atomic E-state index is 12.6. The van der Waals surface area contributed by atoms with E-state index in [1.165, 1.54) is 11.3 Å². The van der Waals surface area contributed by atoms with E-state index >= 15 is 0 Å². The standard InChI is InChI=1S/C20H15ClN4OS/c1-11-2-9-16(23-10-11)25-19(26)18-17(22)14-7-8-15(24-20(14)27-18)12-3-5-13(21)6-4-12/h2-10H,22H2,1H3,(H,23,25,26). The summed E-state index contributed by atoms with van der Waals surface area (Å²) in [5.41, 5.74) is 9.39. The van der Waals surface area contributed by atoms with Crippen molar-refractivity contribution in [3.63, 3.8) is 0 Å². The van der Waals surface area contributed by atoms with Gasteiger partial charge in [-0.3, -0.25) is 4.79 Å². The second-order valence-corrected chi connectivity index (χ2v) is 7.51. The topological polar surface area (TPSA) is 80.9 Å². The van der Waals surface area contributed by atoms with Crippen LogP contribution in [0.15, 0.2) is 54.7 Å². The molecule has 134 valence electrons. The van der Waals surface area contributed by atoms with Crippen molar-refractivity contribution in [1.82, 2.24) is 9.97 Å². The summed E-state index contributed by atoms with van der Waals surface area (Å²) in [6.45, 7) is 1.94. The molecule has 0 aliphatic carbocycles. The summed E-state index contributed by atoms with van der Waals surface area (Å²) in [7, 11) is 0. The Bertz CT molecular complexity index is 1140. The number of pyridine rings is 2. The lowest BCUT2D eigenvalue weighted by atomic mass is 10.1. The van der Waals surface area contributed by atoms with Gasteiger partial charge in [0.1, 0.15) is 15.5 Å². The molecule has 1 aromatic carbocycles. The number of aryl methyl sites for hydroxylation is 1. The number of fused-ring (bicyclic) bond motifs is 1. The molecule has 0 atom stereocenters. The fourth-order valence-corrected chi connectivity index (χ4v) is 3.78. The zero-order valence-electron chi connectivity index (χ0n) is 14.4. The van der Waals surface area contributed by atoms with E-state index in [0.717, 1.165) is 22.2 Å². The van der Waals surface area contributed by atoms with Crippen LogP contribution in [-0.4, -0.2) is 15.9 Å². The van der Waals surface area contributed by atoms with Gasteiger partial charge in [0.2, 0.25) is 0 Å². The Morgan fingerprint density at radius 2 is 1.89 bits per heavy atom. The Hall–Kier alpha value is -2.96. The Balaban J connectivity index is 1.67. The molecule has 3 heterocycles. The molecule has 0 saturated heterocycles. The smallest absolute Gasteiger partial charge is 0.269 e. The van der Waals surface area contributed by atoms with Crippen molar-refractivity contribution in [2.24, 2.45) is 0 Å². The second kappa shape index (κ2) is 6.98. The van der Waals surface area contributed by atoms with Gasteiger partial charge >= 0.3 is 0 Å². The molecule has 4 aromatic rings. The molecular weight excluding hydrogens is 380 g/mol. The molecule has 0 aliphatic rings. The summed E-state index contributed by atoms with van der Waals surface area (Å²) >= 11 is 7.21. The summed E-state index contributed by atoms with van der Waals surface area (Å²) in [5, 5.41) is 4.21. The number of hydrogen-bond acceptors (Lipinski definition) is 5. The highest BCUT2D eigenvalue weighted by molar-refractivity contribution is 7.21. The molecule has 0 spiro atoms. The summed E-state index contributed by atoms with van der Waals surface area (Å²) in [4.78, 5) is 22.6. The Kier molecular flexibility index (Phi) is 4.51. The van der Waals surface area contributed by atoms with Crippen LogP contribution < -0.4 is 11.1 Å². The average Bonchev–Trinajstić information content (AvgIpc) is 3.00. The maximum atomic E-state index is 12.6. The van der Waals surface area contributed by atoms with Crippen LogP contribution in [0.25, 0.3) is 21.5 Å².